The van der Waals surface area contributed by atoms with Gasteiger partial charge in [0.2, 0.25) is 0 Å². The number of anilines is 1. The number of para-hydroxylation sites is 1. The number of nitrogens with one attached hydrogen (secondary N) is 2. The maximum absolute atomic E-state index is 12.3. The SMILES string of the molecule is CCCOc1cccc(C2(C)NC(=O)c3ccccc3N2)c1. The second-order valence-corrected chi connectivity index (χ2v) is 5.63. The average molecular weight is 296 g/mol. The molecule has 4 heteroatoms. The lowest BCUT2D eigenvalue weighted by Crippen LogP contribution is -2.52. The Labute approximate surface area is 130 Å². The van der Waals surface area contributed by atoms with Gasteiger partial charge in [0.25, 0.3) is 5.91 Å². The molecule has 0 aliphatic carbocycles. The van der Waals surface area contributed by atoms with Crippen LogP contribution in [0.2, 0.25) is 0 Å². The fourth-order valence-electron chi connectivity index (χ4n) is 2.65. The van der Waals surface area contributed by atoms with E-state index < -0.39 is 5.66 Å². The van der Waals surface area contributed by atoms with Crippen LogP contribution in [0.15, 0.2) is 48.5 Å². The lowest BCUT2D eigenvalue weighted by atomic mass is 9.96. The Morgan fingerprint density at radius 1 is 1.09 bits per heavy atom. The molecule has 4 nitrogen and oxygen atoms in total. The number of rotatable bonds is 4. The molecule has 2 aromatic carbocycles. The zero-order chi connectivity index (χ0) is 15.6. The van der Waals surface area contributed by atoms with Crippen LogP contribution in [0.4, 0.5) is 5.69 Å². The van der Waals surface area contributed by atoms with E-state index in [1.54, 1.807) is 0 Å². The molecule has 114 valence electrons. The number of carbonyl (C=O) groups is 1. The quantitative estimate of drug-likeness (QED) is 0.908. The van der Waals surface area contributed by atoms with Crippen molar-refractivity contribution in [2.24, 2.45) is 0 Å². The summed E-state index contributed by atoms with van der Waals surface area (Å²) in [6, 6.07) is 15.4. The van der Waals surface area contributed by atoms with Gasteiger partial charge in [-0.05, 0) is 37.6 Å². The van der Waals surface area contributed by atoms with Gasteiger partial charge in [0.05, 0.1) is 12.2 Å². The zero-order valence-corrected chi connectivity index (χ0v) is 12.8. The average Bonchev–Trinajstić information content (AvgIpc) is 2.53. The zero-order valence-electron chi connectivity index (χ0n) is 12.8. The van der Waals surface area contributed by atoms with Gasteiger partial charge in [-0.1, -0.05) is 31.2 Å². The summed E-state index contributed by atoms with van der Waals surface area (Å²) in [5, 5.41) is 6.46. The monoisotopic (exact) mass is 296 g/mol. The van der Waals surface area contributed by atoms with Crippen LogP contribution in [-0.2, 0) is 5.66 Å². The Hall–Kier alpha value is -2.49. The fourth-order valence-corrected chi connectivity index (χ4v) is 2.65. The van der Waals surface area contributed by atoms with Crippen LogP contribution in [0.5, 0.6) is 5.75 Å². The molecule has 0 fully saturated rings. The first kappa shape index (κ1) is 14.4. The van der Waals surface area contributed by atoms with Gasteiger partial charge in [-0.25, -0.2) is 0 Å². The summed E-state index contributed by atoms with van der Waals surface area (Å²) in [6.45, 7) is 4.72. The number of hydrogen-bond acceptors (Lipinski definition) is 3. The number of benzene rings is 2. The standard InChI is InChI=1S/C18H20N2O2/c1-3-11-22-14-8-6-7-13(12-14)18(2)19-16-10-5-4-9-15(16)17(21)20-18/h4-10,12,19H,3,11H2,1-2H3,(H,20,21). The molecule has 0 spiro atoms. The van der Waals surface area contributed by atoms with Gasteiger partial charge in [-0.15, -0.1) is 0 Å². The van der Waals surface area contributed by atoms with Crippen molar-refractivity contribution in [3.05, 3.63) is 59.7 Å². The molecular formula is C18H20N2O2. The Kier molecular flexibility index (Phi) is 3.75. The van der Waals surface area contributed by atoms with Crippen molar-refractivity contribution < 1.29 is 9.53 Å². The Morgan fingerprint density at radius 3 is 2.73 bits per heavy atom. The molecule has 0 bridgehead atoms. The summed E-state index contributed by atoms with van der Waals surface area (Å²) < 4.78 is 5.69. The first-order valence-corrected chi connectivity index (χ1v) is 7.55. The van der Waals surface area contributed by atoms with E-state index in [0.717, 1.165) is 23.4 Å². The van der Waals surface area contributed by atoms with Crippen molar-refractivity contribution in [3.63, 3.8) is 0 Å². The minimum absolute atomic E-state index is 0.0725. The third-order valence-corrected chi connectivity index (χ3v) is 3.80. The molecule has 0 saturated heterocycles. The number of carbonyl (C=O) groups excluding carboxylic acids is 1. The van der Waals surface area contributed by atoms with Gasteiger partial charge in [0.1, 0.15) is 11.4 Å². The van der Waals surface area contributed by atoms with Crippen LogP contribution in [0.3, 0.4) is 0 Å². The third kappa shape index (κ3) is 2.64. The van der Waals surface area contributed by atoms with Crippen LogP contribution in [0.25, 0.3) is 0 Å². The topological polar surface area (TPSA) is 50.4 Å². The van der Waals surface area contributed by atoms with Crippen LogP contribution < -0.4 is 15.4 Å². The van der Waals surface area contributed by atoms with Gasteiger partial charge in [-0.3, -0.25) is 4.79 Å². The van der Waals surface area contributed by atoms with E-state index in [4.69, 9.17) is 4.74 Å². The van der Waals surface area contributed by atoms with Crippen LogP contribution >= 0.6 is 0 Å². The van der Waals surface area contributed by atoms with E-state index in [0.29, 0.717) is 12.2 Å². The largest absolute Gasteiger partial charge is 0.494 e. The first-order valence-electron chi connectivity index (χ1n) is 7.55. The molecule has 0 radical (unpaired) electrons. The lowest BCUT2D eigenvalue weighted by molar-refractivity contribution is 0.0906. The fraction of sp³-hybridized carbons (Fsp3) is 0.278. The molecule has 1 aliphatic heterocycles. The Balaban J connectivity index is 1.93. The highest BCUT2D eigenvalue weighted by Gasteiger charge is 2.34. The minimum Gasteiger partial charge on any atom is -0.494 e. The number of ether oxygens (including phenoxy) is 1. The van der Waals surface area contributed by atoms with Crippen molar-refractivity contribution in [1.29, 1.82) is 0 Å². The Bertz CT molecular complexity index is 699. The number of hydrogen-bond donors (Lipinski definition) is 2. The molecule has 2 aromatic rings. The predicted molar refractivity (Wildman–Crippen MR) is 87.1 cm³/mol. The second-order valence-electron chi connectivity index (χ2n) is 5.63. The first-order chi connectivity index (χ1) is 10.6. The molecule has 0 saturated carbocycles. The van der Waals surface area contributed by atoms with Gasteiger partial charge in [-0.2, -0.15) is 0 Å². The molecule has 1 heterocycles. The maximum atomic E-state index is 12.3. The number of amides is 1. The Morgan fingerprint density at radius 2 is 1.91 bits per heavy atom. The van der Waals surface area contributed by atoms with Crippen molar-refractivity contribution >= 4 is 11.6 Å². The van der Waals surface area contributed by atoms with E-state index in [-0.39, 0.29) is 5.91 Å². The van der Waals surface area contributed by atoms with Crippen molar-refractivity contribution in [3.8, 4) is 5.75 Å². The van der Waals surface area contributed by atoms with Crippen molar-refractivity contribution in [2.45, 2.75) is 25.9 Å². The summed E-state index contributed by atoms with van der Waals surface area (Å²) in [5.74, 6) is 0.743. The van der Waals surface area contributed by atoms with E-state index in [9.17, 15) is 4.79 Å². The molecule has 2 N–H and O–H groups in total. The molecule has 22 heavy (non-hydrogen) atoms. The number of fused-ring (bicyclic) bond motifs is 1. The smallest absolute Gasteiger partial charge is 0.255 e. The van der Waals surface area contributed by atoms with Crippen LogP contribution in [0, 0.1) is 0 Å². The van der Waals surface area contributed by atoms with Gasteiger partial charge in [0, 0.05) is 11.3 Å². The lowest BCUT2D eigenvalue weighted by Gasteiger charge is -2.38. The summed E-state index contributed by atoms with van der Waals surface area (Å²) in [4.78, 5) is 12.3. The molecule has 1 unspecified atom stereocenters. The summed E-state index contributed by atoms with van der Waals surface area (Å²) >= 11 is 0. The highest BCUT2D eigenvalue weighted by Crippen LogP contribution is 2.32. The van der Waals surface area contributed by atoms with E-state index in [1.807, 2.05) is 55.5 Å². The van der Waals surface area contributed by atoms with E-state index in [1.165, 1.54) is 0 Å². The molecule has 1 atom stereocenters. The van der Waals surface area contributed by atoms with Gasteiger partial charge < -0.3 is 15.4 Å². The maximum Gasteiger partial charge on any atom is 0.255 e. The van der Waals surface area contributed by atoms with Crippen molar-refractivity contribution in [1.82, 2.24) is 5.32 Å². The predicted octanol–water partition coefficient (Wildman–Crippen LogP) is 3.50. The van der Waals surface area contributed by atoms with Gasteiger partial charge in [0.15, 0.2) is 0 Å². The summed E-state index contributed by atoms with van der Waals surface area (Å²) in [7, 11) is 0. The van der Waals surface area contributed by atoms with E-state index in [2.05, 4.69) is 17.6 Å². The molecule has 1 aliphatic rings. The third-order valence-electron chi connectivity index (χ3n) is 3.80. The summed E-state index contributed by atoms with van der Waals surface area (Å²) in [5.41, 5.74) is 1.81. The van der Waals surface area contributed by atoms with Crippen molar-refractivity contribution in [2.75, 3.05) is 11.9 Å². The second kappa shape index (κ2) is 5.72. The highest BCUT2D eigenvalue weighted by molar-refractivity contribution is 6.02. The molecule has 1 amide bonds. The van der Waals surface area contributed by atoms with Crippen LogP contribution in [-0.4, -0.2) is 12.5 Å². The molecular weight excluding hydrogens is 276 g/mol. The molecule has 3 rings (SSSR count). The minimum atomic E-state index is -0.656. The summed E-state index contributed by atoms with van der Waals surface area (Å²) in [6.07, 6.45) is 0.962. The normalized spacial score (nSPS) is 19.8. The molecule has 0 aromatic heterocycles. The van der Waals surface area contributed by atoms with Crippen LogP contribution in [0.1, 0.15) is 36.2 Å². The van der Waals surface area contributed by atoms with Gasteiger partial charge >= 0.3 is 0 Å². The highest BCUT2D eigenvalue weighted by atomic mass is 16.5. The van der Waals surface area contributed by atoms with E-state index >= 15 is 0 Å².